The van der Waals surface area contributed by atoms with E-state index in [4.69, 9.17) is 0 Å². The summed E-state index contributed by atoms with van der Waals surface area (Å²) in [5.41, 5.74) is 1.18. The average Bonchev–Trinajstić information content (AvgIpc) is 2.31. The number of thioether (sulfide) groups is 1. The summed E-state index contributed by atoms with van der Waals surface area (Å²) in [7, 11) is -3.41. The molecule has 0 aliphatic rings. The molecule has 20 heavy (non-hydrogen) atoms. The molecule has 7 heteroatoms. The highest BCUT2D eigenvalue weighted by Gasteiger charge is 2.14. The van der Waals surface area contributed by atoms with Crippen molar-refractivity contribution in [2.75, 3.05) is 23.8 Å². The number of aromatic hydroxyl groups is 1. The number of hydrogen-bond acceptors (Lipinski definition) is 5. The Kier molecular flexibility index (Phi) is 6.16. The van der Waals surface area contributed by atoms with Gasteiger partial charge in [-0.05, 0) is 24.0 Å². The molecule has 0 heterocycles. The van der Waals surface area contributed by atoms with Gasteiger partial charge in [0.15, 0.2) is 0 Å². The predicted octanol–water partition coefficient (Wildman–Crippen LogP) is 2.17. The van der Waals surface area contributed by atoms with E-state index >= 15 is 0 Å². The van der Waals surface area contributed by atoms with Gasteiger partial charge in [0.2, 0.25) is 10.0 Å². The zero-order valence-electron chi connectivity index (χ0n) is 12.2. The molecular formula is C13H22N2O3S2. The van der Waals surface area contributed by atoms with Crippen molar-refractivity contribution in [2.45, 2.75) is 25.1 Å². The third kappa shape index (κ3) is 5.60. The number of sulfonamides is 1. The van der Waals surface area contributed by atoms with Crippen LogP contribution >= 0.6 is 11.8 Å². The van der Waals surface area contributed by atoms with E-state index < -0.39 is 10.0 Å². The quantitative estimate of drug-likeness (QED) is 0.672. The first kappa shape index (κ1) is 17.1. The minimum Gasteiger partial charge on any atom is -0.506 e. The number of phenolic OH excluding ortho intramolecular Hbond substituents is 1. The summed E-state index contributed by atoms with van der Waals surface area (Å²) < 4.78 is 24.9. The van der Waals surface area contributed by atoms with Crippen molar-refractivity contribution in [3.05, 3.63) is 23.8 Å². The molecular weight excluding hydrogens is 296 g/mol. The minimum absolute atomic E-state index is 0.0733. The molecule has 0 aromatic heterocycles. The van der Waals surface area contributed by atoms with Gasteiger partial charge in [0.25, 0.3) is 0 Å². The van der Waals surface area contributed by atoms with Crippen molar-refractivity contribution < 1.29 is 13.5 Å². The van der Waals surface area contributed by atoms with E-state index in [2.05, 4.69) is 23.9 Å². The molecule has 3 N–H and O–H groups in total. The highest BCUT2D eigenvalue weighted by atomic mass is 32.2. The summed E-state index contributed by atoms with van der Waals surface area (Å²) in [5.74, 6) is -0.0733. The average molecular weight is 318 g/mol. The van der Waals surface area contributed by atoms with Crippen LogP contribution in [0.15, 0.2) is 18.2 Å². The SMILES string of the molecule is CSC(CNC(C)C)c1ccc(O)c(NS(C)(=O)=O)c1. The van der Waals surface area contributed by atoms with Crippen molar-refractivity contribution in [3.8, 4) is 5.75 Å². The number of phenols is 1. The fraction of sp³-hybridized carbons (Fsp3) is 0.538. The molecule has 0 saturated carbocycles. The second-order valence-electron chi connectivity index (χ2n) is 4.94. The third-order valence-corrected chi connectivity index (χ3v) is 4.28. The summed E-state index contributed by atoms with van der Waals surface area (Å²) in [4.78, 5) is 0. The fourth-order valence-corrected chi connectivity index (χ4v) is 2.96. The van der Waals surface area contributed by atoms with Crippen LogP contribution in [0.1, 0.15) is 24.7 Å². The molecule has 0 saturated heterocycles. The molecule has 0 radical (unpaired) electrons. The molecule has 0 amide bonds. The van der Waals surface area contributed by atoms with E-state index in [9.17, 15) is 13.5 Å². The fourth-order valence-electron chi connectivity index (χ4n) is 1.72. The summed E-state index contributed by atoms with van der Waals surface area (Å²) >= 11 is 1.68. The Hall–Kier alpha value is -0.920. The van der Waals surface area contributed by atoms with Crippen LogP contribution in [-0.4, -0.2) is 38.6 Å². The molecule has 114 valence electrons. The standard InChI is InChI=1S/C13H22N2O3S2/c1-9(2)14-8-13(19-3)10-5-6-12(16)11(7-10)15-20(4,17)18/h5-7,9,13-16H,8H2,1-4H3. The summed E-state index contributed by atoms with van der Waals surface area (Å²) in [6.45, 7) is 4.93. The van der Waals surface area contributed by atoms with Crippen LogP contribution in [0.25, 0.3) is 0 Å². The second kappa shape index (κ2) is 7.19. The predicted molar refractivity (Wildman–Crippen MR) is 86.0 cm³/mol. The second-order valence-corrected chi connectivity index (χ2v) is 7.73. The van der Waals surface area contributed by atoms with Gasteiger partial charge in [-0.1, -0.05) is 19.9 Å². The Balaban J connectivity index is 2.97. The lowest BCUT2D eigenvalue weighted by molar-refractivity contribution is 0.477. The zero-order valence-corrected chi connectivity index (χ0v) is 13.8. The molecule has 1 unspecified atom stereocenters. The Bertz CT molecular complexity index is 545. The first-order valence-electron chi connectivity index (χ1n) is 6.30. The molecule has 1 rings (SSSR count). The first-order valence-corrected chi connectivity index (χ1v) is 9.47. The third-order valence-electron chi connectivity index (χ3n) is 2.68. The maximum atomic E-state index is 11.3. The summed E-state index contributed by atoms with van der Waals surface area (Å²) in [6.07, 6.45) is 3.06. The van der Waals surface area contributed by atoms with E-state index in [0.29, 0.717) is 6.04 Å². The van der Waals surface area contributed by atoms with Crippen LogP contribution in [0, 0.1) is 0 Å². The maximum absolute atomic E-state index is 11.3. The smallest absolute Gasteiger partial charge is 0.229 e. The monoisotopic (exact) mass is 318 g/mol. The number of benzene rings is 1. The van der Waals surface area contributed by atoms with Crippen LogP contribution in [0.4, 0.5) is 5.69 Å². The highest BCUT2D eigenvalue weighted by Crippen LogP contribution is 2.32. The van der Waals surface area contributed by atoms with Crippen LogP contribution in [0.3, 0.4) is 0 Å². The summed E-state index contributed by atoms with van der Waals surface area (Å²) in [5, 5.41) is 13.3. The molecule has 1 aromatic carbocycles. The van der Waals surface area contributed by atoms with E-state index in [1.165, 1.54) is 6.07 Å². The van der Waals surface area contributed by atoms with E-state index in [1.807, 2.05) is 12.3 Å². The van der Waals surface area contributed by atoms with Gasteiger partial charge in [0, 0.05) is 17.8 Å². The van der Waals surface area contributed by atoms with Crippen LogP contribution in [0.5, 0.6) is 5.75 Å². The van der Waals surface area contributed by atoms with Crippen molar-refractivity contribution in [1.29, 1.82) is 0 Å². The lowest BCUT2D eigenvalue weighted by Gasteiger charge is -2.19. The van der Waals surface area contributed by atoms with Gasteiger partial charge in [0.05, 0.1) is 11.9 Å². The van der Waals surface area contributed by atoms with Gasteiger partial charge in [-0.2, -0.15) is 11.8 Å². The van der Waals surface area contributed by atoms with Crippen molar-refractivity contribution in [3.63, 3.8) is 0 Å². The van der Waals surface area contributed by atoms with Gasteiger partial charge in [0.1, 0.15) is 5.75 Å². The molecule has 0 aliphatic carbocycles. The van der Waals surface area contributed by atoms with Gasteiger partial charge >= 0.3 is 0 Å². The van der Waals surface area contributed by atoms with Crippen LogP contribution < -0.4 is 10.0 Å². The van der Waals surface area contributed by atoms with Gasteiger partial charge in [-0.15, -0.1) is 0 Å². The topological polar surface area (TPSA) is 78.4 Å². The van der Waals surface area contributed by atoms with Crippen molar-refractivity contribution in [1.82, 2.24) is 5.32 Å². The Morgan fingerprint density at radius 2 is 2.00 bits per heavy atom. The molecule has 0 spiro atoms. The lowest BCUT2D eigenvalue weighted by Crippen LogP contribution is -2.26. The Morgan fingerprint density at radius 3 is 2.50 bits per heavy atom. The van der Waals surface area contributed by atoms with E-state index in [-0.39, 0.29) is 16.7 Å². The van der Waals surface area contributed by atoms with Gasteiger partial charge in [-0.25, -0.2) is 8.42 Å². The Morgan fingerprint density at radius 1 is 1.35 bits per heavy atom. The zero-order chi connectivity index (χ0) is 15.3. The largest absolute Gasteiger partial charge is 0.506 e. The maximum Gasteiger partial charge on any atom is 0.229 e. The van der Waals surface area contributed by atoms with Gasteiger partial charge < -0.3 is 10.4 Å². The first-order chi connectivity index (χ1) is 9.23. The summed E-state index contributed by atoms with van der Waals surface area (Å²) in [6, 6.07) is 5.39. The minimum atomic E-state index is -3.41. The van der Waals surface area contributed by atoms with Crippen molar-refractivity contribution in [2.24, 2.45) is 0 Å². The number of rotatable bonds is 7. The number of nitrogens with one attached hydrogen (secondary N) is 2. The van der Waals surface area contributed by atoms with Crippen molar-refractivity contribution >= 4 is 27.5 Å². The lowest BCUT2D eigenvalue weighted by atomic mass is 10.1. The molecule has 1 aromatic rings. The van der Waals surface area contributed by atoms with Crippen LogP contribution in [0.2, 0.25) is 0 Å². The molecule has 1 atom stereocenters. The Labute approximate surface area is 125 Å². The number of anilines is 1. The molecule has 5 nitrogen and oxygen atoms in total. The number of hydrogen-bond donors (Lipinski definition) is 3. The van der Waals surface area contributed by atoms with E-state index in [1.54, 1.807) is 17.8 Å². The normalized spacial score (nSPS) is 13.4. The van der Waals surface area contributed by atoms with E-state index in [0.717, 1.165) is 18.4 Å². The highest BCUT2D eigenvalue weighted by molar-refractivity contribution is 7.98. The van der Waals surface area contributed by atoms with Gasteiger partial charge in [-0.3, -0.25) is 4.72 Å². The molecule has 0 aliphatic heterocycles. The van der Waals surface area contributed by atoms with Crippen LogP contribution in [-0.2, 0) is 10.0 Å². The molecule has 0 bridgehead atoms. The molecule has 0 fully saturated rings.